The van der Waals surface area contributed by atoms with Crippen molar-refractivity contribution in [1.29, 1.82) is 0 Å². The minimum atomic E-state index is -0.0861. The minimum absolute atomic E-state index is 0.0861. The summed E-state index contributed by atoms with van der Waals surface area (Å²) in [6.45, 7) is 1.42. The van der Waals surface area contributed by atoms with Gasteiger partial charge >= 0.3 is 0 Å². The van der Waals surface area contributed by atoms with E-state index < -0.39 is 0 Å². The van der Waals surface area contributed by atoms with E-state index in [0.29, 0.717) is 11.0 Å². The molecule has 1 amide bonds. The van der Waals surface area contributed by atoms with Crippen LogP contribution in [0, 0.1) is 0 Å². The zero-order valence-electron chi connectivity index (χ0n) is 7.76. The number of amides is 1. The number of hydrogen-bond acceptors (Lipinski definition) is 2. The van der Waals surface area contributed by atoms with E-state index in [1.54, 1.807) is 0 Å². The number of quaternary nitrogens is 1. The Labute approximate surface area is 86.9 Å². The van der Waals surface area contributed by atoms with Crippen LogP contribution < -0.4 is 5.48 Å². The van der Waals surface area contributed by atoms with Crippen LogP contribution in [-0.4, -0.2) is 49.1 Å². The molecule has 0 heterocycles. The van der Waals surface area contributed by atoms with Gasteiger partial charge in [0, 0.05) is 0 Å². The molecule has 0 unspecified atom stereocenters. The first-order valence-electron chi connectivity index (χ1n) is 3.73. The molecule has 0 bridgehead atoms. The van der Waals surface area contributed by atoms with Gasteiger partial charge in [0.05, 0.1) is 25.6 Å². The molecule has 0 aliphatic carbocycles. The molecule has 4 nitrogen and oxygen atoms in total. The van der Waals surface area contributed by atoms with E-state index in [1.807, 2.05) is 22.6 Å². The highest BCUT2D eigenvalue weighted by atomic mass is 127. The third kappa shape index (κ3) is 8.22. The van der Waals surface area contributed by atoms with Crippen molar-refractivity contribution in [1.82, 2.24) is 5.48 Å². The lowest BCUT2D eigenvalue weighted by Crippen LogP contribution is -2.39. The summed E-state index contributed by atoms with van der Waals surface area (Å²) in [5.74, 6) is -0.0861. The number of alkyl halides is 1. The average Bonchev–Trinajstić information content (AvgIpc) is 1.96. The lowest BCUT2D eigenvalue weighted by Gasteiger charge is -2.23. The van der Waals surface area contributed by atoms with Crippen LogP contribution in [0.5, 0.6) is 0 Å². The Balaban J connectivity index is 3.28. The van der Waals surface area contributed by atoms with Crippen molar-refractivity contribution in [2.24, 2.45) is 0 Å². The second-order valence-corrected chi connectivity index (χ2v) is 4.28. The van der Waals surface area contributed by atoms with E-state index in [0.717, 1.165) is 11.0 Å². The molecule has 0 atom stereocenters. The number of nitrogens with one attached hydrogen (secondary N) is 1. The smallest absolute Gasteiger partial charge is 0.253 e. The first kappa shape index (κ1) is 12.1. The second-order valence-electron chi connectivity index (χ2n) is 3.52. The summed E-state index contributed by atoms with van der Waals surface area (Å²) >= 11 is 1.99. The third-order valence-electron chi connectivity index (χ3n) is 1.17. The van der Waals surface area contributed by atoms with Crippen molar-refractivity contribution in [3.63, 3.8) is 0 Å². The maximum atomic E-state index is 10.7. The topological polar surface area (TPSA) is 38.3 Å². The van der Waals surface area contributed by atoms with Gasteiger partial charge in [-0.05, 0) is 0 Å². The summed E-state index contributed by atoms with van der Waals surface area (Å²) in [6, 6.07) is 0. The lowest BCUT2D eigenvalue weighted by atomic mass is 10.5. The number of likely N-dealkylation sites (N-methyl/N-ethyl adjacent to an activating group) is 1. The van der Waals surface area contributed by atoms with Crippen molar-refractivity contribution in [3.05, 3.63) is 0 Å². The number of nitrogens with zero attached hydrogens (tertiary/aromatic N) is 1. The van der Waals surface area contributed by atoms with Crippen LogP contribution in [0.3, 0.4) is 0 Å². The molecule has 0 fully saturated rings. The molecule has 0 aromatic heterocycles. The Morgan fingerprint density at radius 1 is 1.50 bits per heavy atom. The van der Waals surface area contributed by atoms with Crippen LogP contribution in [0.15, 0.2) is 0 Å². The molecule has 72 valence electrons. The summed E-state index contributed by atoms with van der Waals surface area (Å²) in [5.41, 5.74) is 2.35. The fraction of sp³-hybridized carbons (Fsp3) is 0.857. The average molecular weight is 287 g/mol. The standard InChI is InChI=1S/C7H15IN2O2/c1-10(2,3)4-5-12-9-7(11)6-8/h4-6H2,1-3H3/p+1. The Bertz CT molecular complexity index is 145. The number of carbonyl (C=O) groups excluding carboxylic acids is 1. The lowest BCUT2D eigenvalue weighted by molar-refractivity contribution is -0.870. The van der Waals surface area contributed by atoms with E-state index >= 15 is 0 Å². The summed E-state index contributed by atoms with van der Waals surface area (Å²) in [4.78, 5) is 15.6. The molecular weight excluding hydrogens is 271 g/mol. The summed E-state index contributed by atoms with van der Waals surface area (Å²) in [5, 5.41) is 0. The van der Waals surface area contributed by atoms with E-state index in [4.69, 9.17) is 4.84 Å². The van der Waals surface area contributed by atoms with Crippen LogP contribution in [0.1, 0.15) is 0 Å². The van der Waals surface area contributed by atoms with E-state index in [2.05, 4.69) is 26.6 Å². The molecule has 0 radical (unpaired) electrons. The molecule has 0 aromatic rings. The SMILES string of the molecule is C[N+](C)(C)CCONC(=O)CI. The van der Waals surface area contributed by atoms with Crippen molar-refractivity contribution in [2.45, 2.75) is 0 Å². The normalized spacial score (nSPS) is 11.3. The number of carbonyl (C=O) groups is 1. The quantitative estimate of drug-likeness (QED) is 0.257. The molecule has 0 aliphatic rings. The van der Waals surface area contributed by atoms with Crippen LogP contribution in [-0.2, 0) is 9.63 Å². The van der Waals surface area contributed by atoms with Crippen LogP contribution in [0.25, 0.3) is 0 Å². The van der Waals surface area contributed by atoms with Crippen molar-refractivity contribution < 1.29 is 14.1 Å². The molecule has 0 rings (SSSR count). The van der Waals surface area contributed by atoms with Crippen LogP contribution >= 0.6 is 22.6 Å². The molecule has 1 N–H and O–H groups in total. The molecular formula is C7H16IN2O2+. The number of halogens is 1. The fourth-order valence-corrected chi connectivity index (χ4v) is 0.634. The fourth-order valence-electron chi connectivity index (χ4n) is 0.478. The highest BCUT2D eigenvalue weighted by Gasteiger charge is 2.06. The van der Waals surface area contributed by atoms with Crippen molar-refractivity contribution >= 4 is 28.5 Å². The maximum Gasteiger partial charge on any atom is 0.253 e. The van der Waals surface area contributed by atoms with Gasteiger partial charge in [0.1, 0.15) is 13.2 Å². The predicted molar refractivity (Wildman–Crippen MR) is 55.9 cm³/mol. The Morgan fingerprint density at radius 2 is 2.08 bits per heavy atom. The molecule has 0 saturated heterocycles. The van der Waals surface area contributed by atoms with E-state index in [1.165, 1.54) is 0 Å². The molecule has 0 saturated carbocycles. The van der Waals surface area contributed by atoms with Gasteiger partial charge in [-0.3, -0.25) is 9.63 Å². The highest BCUT2D eigenvalue weighted by molar-refractivity contribution is 14.1. The van der Waals surface area contributed by atoms with Gasteiger partial charge in [-0.15, -0.1) is 0 Å². The third-order valence-corrected chi connectivity index (χ3v) is 1.86. The number of hydroxylamine groups is 1. The highest BCUT2D eigenvalue weighted by Crippen LogP contribution is 1.88. The van der Waals surface area contributed by atoms with Gasteiger partial charge in [0.25, 0.3) is 5.91 Å². The van der Waals surface area contributed by atoms with Gasteiger partial charge in [-0.2, -0.15) is 0 Å². The van der Waals surface area contributed by atoms with Crippen LogP contribution in [0.4, 0.5) is 0 Å². The Hall–Kier alpha value is 0.120. The molecule has 12 heavy (non-hydrogen) atoms. The predicted octanol–water partition coefficient (Wildman–Crippen LogP) is 0.175. The van der Waals surface area contributed by atoms with Gasteiger partial charge < -0.3 is 4.48 Å². The molecule has 0 aliphatic heterocycles. The number of hydrogen-bond donors (Lipinski definition) is 1. The minimum Gasteiger partial charge on any atom is -0.329 e. The molecule has 5 heteroatoms. The number of rotatable bonds is 5. The molecule has 0 aromatic carbocycles. The first-order valence-corrected chi connectivity index (χ1v) is 5.25. The van der Waals surface area contributed by atoms with Gasteiger partial charge in [0.2, 0.25) is 0 Å². The van der Waals surface area contributed by atoms with E-state index in [9.17, 15) is 4.79 Å². The monoisotopic (exact) mass is 287 g/mol. The first-order chi connectivity index (χ1) is 5.45. The Morgan fingerprint density at radius 3 is 2.50 bits per heavy atom. The van der Waals surface area contributed by atoms with Crippen molar-refractivity contribution in [3.8, 4) is 0 Å². The van der Waals surface area contributed by atoms with Gasteiger partial charge in [-0.25, -0.2) is 5.48 Å². The van der Waals surface area contributed by atoms with Crippen LogP contribution in [0.2, 0.25) is 0 Å². The largest absolute Gasteiger partial charge is 0.329 e. The van der Waals surface area contributed by atoms with E-state index in [-0.39, 0.29) is 5.91 Å². The van der Waals surface area contributed by atoms with Gasteiger partial charge in [0.15, 0.2) is 0 Å². The zero-order valence-corrected chi connectivity index (χ0v) is 9.92. The zero-order chi connectivity index (χ0) is 9.61. The summed E-state index contributed by atoms with van der Waals surface area (Å²) in [6.07, 6.45) is 0. The summed E-state index contributed by atoms with van der Waals surface area (Å²) < 4.78 is 1.27. The van der Waals surface area contributed by atoms with Gasteiger partial charge in [-0.1, -0.05) is 22.6 Å². The Kier molecular flexibility index (Phi) is 5.77. The summed E-state index contributed by atoms with van der Waals surface area (Å²) in [7, 11) is 6.22. The van der Waals surface area contributed by atoms with Crippen molar-refractivity contribution in [2.75, 3.05) is 38.7 Å². The molecule has 0 spiro atoms. The second kappa shape index (κ2) is 5.71. The maximum absolute atomic E-state index is 10.7.